The highest BCUT2D eigenvalue weighted by molar-refractivity contribution is 5.96. The molecule has 0 aliphatic heterocycles. The summed E-state index contributed by atoms with van der Waals surface area (Å²) in [6, 6.07) is 1.95. The van der Waals surface area contributed by atoms with E-state index in [1.54, 1.807) is 0 Å². The van der Waals surface area contributed by atoms with Crippen molar-refractivity contribution in [1.82, 2.24) is 9.88 Å². The molecule has 1 rings (SSSR count). The predicted molar refractivity (Wildman–Crippen MR) is 86.6 cm³/mol. The molecule has 0 aliphatic carbocycles. The van der Waals surface area contributed by atoms with Crippen LogP contribution in [0.1, 0.15) is 49.4 Å². The zero-order chi connectivity index (χ0) is 14.8. The molecular formula is C15H28ClN3O. The monoisotopic (exact) mass is 301 g/mol. The maximum absolute atomic E-state index is 12.4. The Balaban J connectivity index is 0.00000361. The molecule has 1 aromatic heterocycles. The second-order valence-corrected chi connectivity index (χ2v) is 5.76. The van der Waals surface area contributed by atoms with Gasteiger partial charge in [-0.25, -0.2) is 0 Å². The molecule has 116 valence electrons. The zero-order valence-electron chi connectivity index (χ0n) is 13.4. The van der Waals surface area contributed by atoms with Crippen LogP contribution >= 0.6 is 12.4 Å². The van der Waals surface area contributed by atoms with E-state index in [0.29, 0.717) is 6.54 Å². The van der Waals surface area contributed by atoms with Gasteiger partial charge in [-0.05, 0) is 39.7 Å². The van der Waals surface area contributed by atoms with Crippen molar-refractivity contribution in [2.24, 2.45) is 11.7 Å². The van der Waals surface area contributed by atoms with Crippen molar-refractivity contribution in [3.8, 4) is 0 Å². The van der Waals surface area contributed by atoms with E-state index in [9.17, 15) is 4.79 Å². The van der Waals surface area contributed by atoms with Gasteiger partial charge in [0.25, 0.3) is 5.91 Å². The number of rotatable bonds is 5. The third-order valence-corrected chi connectivity index (χ3v) is 4.23. The highest BCUT2D eigenvalue weighted by Crippen LogP contribution is 2.19. The molecule has 1 unspecified atom stereocenters. The summed E-state index contributed by atoms with van der Waals surface area (Å²) in [5.74, 6) is 0.255. The van der Waals surface area contributed by atoms with Crippen LogP contribution in [0.25, 0.3) is 0 Å². The molecule has 1 amide bonds. The van der Waals surface area contributed by atoms with Gasteiger partial charge in [-0.2, -0.15) is 0 Å². The first-order valence-electron chi connectivity index (χ1n) is 6.96. The Morgan fingerprint density at radius 2 is 2.00 bits per heavy atom. The topological polar surface area (TPSA) is 60.0 Å². The normalized spacial score (nSPS) is 13.8. The van der Waals surface area contributed by atoms with Crippen LogP contribution in [0, 0.1) is 19.8 Å². The smallest absolute Gasteiger partial charge is 0.253 e. The number of nitrogens with zero attached hydrogens (tertiary/aromatic N) is 1. The molecule has 0 aromatic carbocycles. The lowest BCUT2D eigenvalue weighted by Gasteiger charge is -2.33. The summed E-state index contributed by atoms with van der Waals surface area (Å²) in [7, 11) is 0. The Kier molecular flexibility index (Phi) is 6.78. The van der Waals surface area contributed by atoms with E-state index >= 15 is 0 Å². The summed E-state index contributed by atoms with van der Waals surface area (Å²) in [5, 5.41) is 3.09. The number of aromatic nitrogens is 1. The van der Waals surface area contributed by atoms with Crippen LogP contribution in [0.15, 0.2) is 6.07 Å². The van der Waals surface area contributed by atoms with Crippen LogP contribution in [0.5, 0.6) is 0 Å². The number of nitrogens with two attached hydrogens (primary N) is 1. The molecule has 0 radical (unpaired) electrons. The van der Waals surface area contributed by atoms with Crippen LogP contribution in [-0.4, -0.2) is 22.6 Å². The lowest BCUT2D eigenvalue weighted by atomic mass is 9.88. The molecule has 0 bridgehead atoms. The van der Waals surface area contributed by atoms with Crippen LogP contribution < -0.4 is 11.1 Å². The first kappa shape index (κ1) is 19.0. The zero-order valence-corrected chi connectivity index (χ0v) is 14.2. The fourth-order valence-corrected chi connectivity index (χ4v) is 2.28. The number of aryl methyl sites for hydroxylation is 1. The summed E-state index contributed by atoms with van der Waals surface area (Å²) in [5.41, 5.74) is 8.32. The summed E-state index contributed by atoms with van der Waals surface area (Å²) < 4.78 is 2.14. The number of amides is 1. The number of hydrogen-bond acceptors (Lipinski definition) is 2. The van der Waals surface area contributed by atoms with E-state index in [1.807, 2.05) is 26.8 Å². The maximum Gasteiger partial charge on any atom is 0.253 e. The van der Waals surface area contributed by atoms with Gasteiger partial charge >= 0.3 is 0 Å². The van der Waals surface area contributed by atoms with Gasteiger partial charge in [0.1, 0.15) is 0 Å². The number of hydrogen-bond donors (Lipinski definition) is 2. The van der Waals surface area contributed by atoms with Crippen LogP contribution in [0.2, 0.25) is 0 Å². The summed E-state index contributed by atoms with van der Waals surface area (Å²) in [6.45, 7) is 13.5. The van der Waals surface area contributed by atoms with Crippen molar-refractivity contribution in [2.75, 3.05) is 6.54 Å². The molecule has 0 fully saturated rings. The van der Waals surface area contributed by atoms with E-state index < -0.39 is 0 Å². The molecule has 1 atom stereocenters. The second kappa shape index (κ2) is 7.14. The van der Waals surface area contributed by atoms with Crippen molar-refractivity contribution in [1.29, 1.82) is 0 Å². The van der Waals surface area contributed by atoms with E-state index in [1.165, 1.54) is 0 Å². The van der Waals surface area contributed by atoms with E-state index in [4.69, 9.17) is 5.73 Å². The maximum atomic E-state index is 12.4. The first-order valence-corrected chi connectivity index (χ1v) is 6.96. The average Bonchev–Trinajstić information content (AvgIpc) is 2.63. The van der Waals surface area contributed by atoms with Crippen molar-refractivity contribution in [2.45, 2.75) is 53.6 Å². The fraction of sp³-hybridized carbons (Fsp3) is 0.667. The molecule has 0 saturated heterocycles. The third kappa shape index (κ3) is 3.55. The van der Waals surface area contributed by atoms with Crippen LogP contribution in [-0.2, 0) is 6.54 Å². The van der Waals surface area contributed by atoms with Gasteiger partial charge in [0.05, 0.1) is 11.1 Å². The van der Waals surface area contributed by atoms with Crippen molar-refractivity contribution >= 4 is 18.3 Å². The number of halogens is 1. The Morgan fingerprint density at radius 3 is 2.35 bits per heavy atom. The third-order valence-electron chi connectivity index (χ3n) is 4.23. The molecule has 20 heavy (non-hydrogen) atoms. The van der Waals surface area contributed by atoms with Gasteiger partial charge in [-0.3, -0.25) is 4.79 Å². The SMILES string of the molecule is CCn1c(C)cc(C(=O)NC(C)(CN)C(C)C)c1C.Cl. The average molecular weight is 302 g/mol. The van der Waals surface area contributed by atoms with Crippen molar-refractivity contribution < 1.29 is 4.79 Å². The molecule has 4 nitrogen and oxygen atoms in total. The van der Waals surface area contributed by atoms with E-state index in [2.05, 4.69) is 30.7 Å². The van der Waals surface area contributed by atoms with Gasteiger partial charge in [-0.15, -0.1) is 12.4 Å². The minimum Gasteiger partial charge on any atom is -0.349 e. The summed E-state index contributed by atoms with van der Waals surface area (Å²) in [6.07, 6.45) is 0. The standard InChI is InChI=1S/C15H27N3O.ClH/c1-7-18-11(4)8-13(12(18)5)14(19)17-15(6,9-16)10(2)3;/h8,10H,7,9,16H2,1-6H3,(H,17,19);1H. The molecule has 0 saturated carbocycles. The van der Waals surface area contributed by atoms with Crippen molar-refractivity contribution in [3.63, 3.8) is 0 Å². The van der Waals surface area contributed by atoms with Gasteiger partial charge in [-0.1, -0.05) is 13.8 Å². The summed E-state index contributed by atoms with van der Waals surface area (Å²) in [4.78, 5) is 12.4. The number of carbonyl (C=O) groups is 1. The Bertz CT molecular complexity index is 468. The summed E-state index contributed by atoms with van der Waals surface area (Å²) >= 11 is 0. The minimum atomic E-state index is -0.369. The van der Waals surface area contributed by atoms with Gasteiger partial charge in [0, 0.05) is 24.5 Å². The quantitative estimate of drug-likeness (QED) is 0.878. The molecule has 3 N–H and O–H groups in total. The predicted octanol–water partition coefficient (Wildman–Crippen LogP) is 2.65. The molecule has 1 heterocycles. The Labute approximate surface area is 128 Å². The highest BCUT2D eigenvalue weighted by Gasteiger charge is 2.30. The lowest BCUT2D eigenvalue weighted by Crippen LogP contribution is -2.55. The van der Waals surface area contributed by atoms with E-state index in [0.717, 1.165) is 23.5 Å². The fourth-order valence-electron chi connectivity index (χ4n) is 2.28. The number of nitrogens with one attached hydrogen (secondary N) is 1. The molecule has 5 heteroatoms. The largest absolute Gasteiger partial charge is 0.349 e. The van der Waals surface area contributed by atoms with Crippen LogP contribution in [0.3, 0.4) is 0 Å². The first-order chi connectivity index (χ1) is 8.76. The molecule has 1 aromatic rings. The highest BCUT2D eigenvalue weighted by atomic mass is 35.5. The van der Waals surface area contributed by atoms with E-state index in [-0.39, 0.29) is 29.8 Å². The second-order valence-electron chi connectivity index (χ2n) is 5.76. The Hall–Kier alpha value is -1.00. The molecule has 0 spiro atoms. The number of carbonyl (C=O) groups excluding carboxylic acids is 1. The Morgan fingerprint density at radius 1 is 1.45 bits per heavy atom. The van der Waals surface area contributed by atoms with Gasteiger partial charge < -0.3 is 15.6 Å². The van der Waals surface area contributed by atoms with Crippen LogP contribution in [0.4, 0.5) is 0 Å². The van der Waals surface area contributed by atoms with Crippen molar-refractivity contribution in [3.05, 3.63) is 23.0 Å². The molecular weight excluding hydrogens is 274 g/mol. The molecule has 0 aliphatic rings. The lowest BCUT2D eigenvalue weighted by molar-refractivity contribution is 0.0882. The van der Waals surface area contributed by atoms with Gasteiger partial charge in [0.15, 0.2) is 0 Å². The minimum absolute atomic E-state index is 0. The van der Waals surface area contributed by atoms with Gasteiger partial charge in [0.2, 0.25) is 0 Å².